The number of carboxylic acids is 1. The number of hydrogen-bond donors (Lipinski definition) is 2. The summed E-state index contributed by atoms with van der Waals surface area (Å²) >= 11 is 0. The molecule has 0 aliphatic carbocycles. The van der Waals surface area contributed by atoms with E-state index in [1.807, 2.05) is 20.8 Å². The van der Waals surface area contributed by atoms with Crippen molar-refractivity contribution < 1.29 is 19.4 Å². The van der Waals surface area contributed by atoms with Crippen LogP contribution in [0.2, 0.25) is 0 Å². The summed E-state index contributed by atoms with van der Waals surface area (Å²) in [7, 11) is 0. The van der Waals surface area contributed by atoms with Gasteiger partial charge in [0.25, 0.3) is 0 Å². The van der Waals surface area contributed by atoms with Crippen LogP contribution >= 0.6 is 0 Å². The zero-order valence-electron chi connectivity index (χ0n) is 10.9. The minimum atomic E-state index is -0.867. The van der Waals surface area contributed by atoms with Crippen LogP contribution < -0.4 is 5.32 Å². The molecule has 1 amide bonds. The second kappa shape index (κ2) is 8.98. The second-order valence-corrected chi connectivity index (χ2v) is 4.52. The molecule has 0 aliphatic heterocycles. The van der Waals surface area contributed by atoms with E-state index < -0.39 is 11.9 Å². The van der Waals surface area contributed by atoms with Crippen molar-refractivity contribution in [1.29, 1.82) is 0 Å². The summed E-state index contributed by atoms with van der Waals surface area (Å²) in [5, 5.41) is 11.6. The van der Waals surface area contributed by atoms with Crippen molar-refractivity contribution in [2.75, 3.05) is 19.8 Å². The minimum absolute atomic E-state index is 0.00184. The average Bonchev–Trinajstić information content (AvgIpc) is 2.23. The lowest BCUT2D eigenvalue weighted by atomic mass is 9.97. The van der Waals surface area contributed by atoms with E-state index in [0.717, 1.165) is 6.42 Å². The first kappa shape index (κ1) is 15.9. The predicted molar refractivity (Wildman–Crippen MR) is 64.7 cm³/mol. The number of carbonyl (C=O) groups excluding carboxylic acids is 1. The molecule has 0 heterocycles. The van der Waals surface area contributed by atoms with E-state index >= 15 is 0 Å². The Hall–Kier alpha value is -1.10. The first-order chi connectivity index (χ1) is 7.97. The highest BCUT2D eigenvalue weighted by Gasteiger charge is 2.19. The molecule has 0 spiro atoms. The summed E-state index contributed by atoms with van der Waals surface area (Å²) < 4.78 is 5.06. The molecule has 0 saturated carbocycles. The molecule has 0 saturated heterocycles. The van der Waals surface area contributed by atoms with Crippen LogP contribution in [0.25, 0.3) is 0 Å². The zero-order valence-corrected chi connectivity index (χ0v) is 10.9. The molecule has 17 heavy (non-hydrogen) atoms. The lowest BCUT2D eigenvalue weighted by Gasteiger charge is -2.15. The van der Waals surface area contributed by atoms with Gasteiger partial charge in [-0.15, -0.1) is 0 Å². The largest absolute Gasteiger partial charge is 0.481 e. The van der Waals surface area contributed by atoms with Crippen molar-refractivity contribution in [3.8, 4) is 0 Å². The summed E-state index contributed by atoms with van der Waals surface area (Å²) in [6, 6.07) is 0. The quantitative estimate of drug-likeness (QED) is 0.600. The fourth-order valence-electron chi connectivity index (χ4n) is 1.44. The SMILES string of the molecule is CCCOCC(=O)NCC(CC(C)C)C(=O)O. The summed E-state index contributed by atoms with van der Waals surface area (Å²) in [6.45, 7) is 6.59. The first-order valence-corrected chi connectivity index (χ1v) is 6.04. The van der Waals surface area contributed by atoms with E-state index in [-0.39, 0.29) is 19.1 Å². The van der Waals surface area contributed by atoms with E-state index in [9.17, 15) is 9.59 Å². The number of carboxylic acid groups (broad SMARTS) is 1. The zero-order chi connectivity index (χ0) is 13.3. The van der Waals surface area contributed by atoms with Crippen molar-refractivity contribution in [1.82, 2.24) is 5.32 Å². The van der Waals surface area contributed by atoms with Gasteiger partial charge < -0.3 is 15.2 Å². The molecule has 0 aromatic carbocycles. The number of amides is 1. The Bertz CT molecular complexity index is 241. The van der Waals surface area contributed by atoms with Gasteiger partial charge in [-0.25, -0.2) is 0 Å². The van der Waals surface area contributed by atoms with Crippen LogP contribution in [0.1, 0.15) is 33.6 Å². The molecule has 2 N–H and O–H groups in total. The lowest BCUT2D eigenvalue weighted by molar-refractivity contribution is -0.142. The average molecular weight is 245 g/mol. The normalized spacial score (nSPS) is 12.5. The van der Waals surface area contributed by atoms with Crippen LogP contribution in [-0.2, 0) is 14.3 Å². The van der Waals surface area contributed by atoms with Crippen molar-refractivity contribution >= 4 is 11.9 Å². The Morgan fingerprint density at radius 3 is 2.47 bits per heavy atom. The van der Waals surface area contributed by atoms with Gasteiger partial charge in [0.15, 0.2) is 0 Å². The van der Waals surface area contributed by atoms with E-state index in [2.05, 4.69) is 5.32 Å². The number of carbonyl (C=O) groups is 2. The van der Waals surface area contributed by atoms with Gasteiger partial charge in [0.05, 0.1) is 5.92 Å². The number of ether oxygens (including phenoxy) is 1. The summed E-state index contributed by atoms with van der Waals surface area (Å²) in [5.41, 5.74) is 0. The third kappa shape index (κ3) is 8.68. The van der Waals surface area contributed by atoms with Gasteiger partial charge in [-0.1, -0.05) is 20.8 Å². The lowest BCUT2D eigenvalue weighted by Crippen LogP contribution is -2.35. The maximum Gasteiger partial charge on any atom is 0.308 e. The summed E-state index contributed by atoms with van der Waals surface area (Å²) in [4.78, 5) is 22.2. The van der Waals surface area contributed by atoms with Crippen molar-refractivity contribution in [3.63, 3.8) is 0 Å². The number of aliphatic carboxylic acids is 1. The van der Waals surface area contributed by atoms with Crippen LogP contribution in [0.5, 0.6) is 0 Å². The molecular formula is C12H23NO4. The van der Waals surface area contributed by atoms with Crippen LogP contribution in [0.15, 0.2) is 0 Å². The van der Waals surface area contributed by atoms with Gasteiger partial charge in [0.1, 0.15) is 6.61 Å². The highest BCUT2D eigenvalue weighted by atomic mass is 16.5. The molecule has 0 radical (unpaired) electrons. The van der Waals surface area contributed by atoms with Crippen molar-refractivity contribution in [2.24, 2.45) is 11.8 Å². The van der Waals surface area contributed by atoms with E-state index in [4.69, 9.17) is 9.84 Å². The summed E-state index contributed by atoms with van der Waals surface area (Å²) in [6.07, 6.45) is 1.42. The molecule has 1 unspecified atom stereocenters. The van der Waals surface area contributed by atoms with Crippen LogP contribution in [0.4, 0.5) is 0 Å². The predicted octanol–water partition coefficient (Wildman–Crippen LogP) is 1.28. The van der Waals surface area contributed by atoms with E-state index in [1.165, 1.54) is 0 Å². The smallest absolute Gasteiger partial charge is 0.308 e. The Morgan fingerprint density at radius 1 is 1.35 bits per heavy atom. The van der Waals surface area contributed by atoms with E-state index in [1.54, 1.807) is 0 Å². The third-order valence-electron chi connectivity index (χ3n) is 2.23. The molecule has 5 nitrogen and oxygen atoms in total. The molecule has 100 valence electrons. The highest BCUT2D eigenvalue weighted by molar-refractivity contribution is 5.78. The second-order valence-electron chi connectivity index (χ2n) is 4.52. The molecular weight excluding hydrogens is 222 g/mol. The third-order valence-corrected chi connectivity index (χ3v) is 2.23. The molecule has 0 fully saturated rings. The van der Waals surface area contributed by atoms with Gasteiger partial charge in [0.2, 0.25) is 5.91 Å². The van der Waals surface area contributed by atoms with Crippen molar-refractivity contribution in [2.45, 2.75) is 33.6 Å². The maximum absolute atomic E-state index is 11.3. The molecule has 0 aromatic rings. The van der Waals surface area contributed by atoms with Crippen molar-refractivity contribution in [3.05, 3.63) is 0 Å². The van der Waals surface area contributed by atoms with Crippen LogP contribution in [0, 0.1) is 11.8 Å². The van der Waals surface area contributed by atoms with E-state index in [0.29, 0.717) is 18.9 Å². The standard InChI is InChI=1S/C12H23NO4/c1-4-5-17-8-11(14)13-7-10(12(15)16)6-9(2)3/h9-10H,4-8H2,1-3H3,(H,13,14)(H,15,16). The van der Waals surface area contributed by atoms with Gasteiger partial charge in [-0.2, -0.15) is 0 Å². The maximum atomic E-state index is 11.3. The Labute approximate surface area is 103 Å². The molecule has 0 aromatic heterocycles. The number of rotatable bonds is 9. The van der Waals surface area contributed by atoms with Gasteiger partial charge in [-0.05, 0) is 18.8 Å². The van der Waals surface area contributed by atoms with Gasteiger partial charge in [0, 0.05) is 13.2 Å². The Morgan fingerprint density at radius 2 is 2.00 bits per heavy atom. The molecule has 1 atom stereocenters. The minimum Gasteiger partial charge on any atom is -0.481 e. The molecule has 0 aliphatic rings. The topological polar surface area (TPSA) is 75.6 Å². The molecule has 0 rings (SSSR count). The number of hydrogen-bond acceptors (Lipinski definition) is 3. The first-order valence-electron chi connectivity index (χ1n) is 6.04. The van der Waals surface area contributed by atoms with Crippen LogP contribution in [-0.4, -0.2) is 36.7 Å². The highest BCUT2D eigenvalue weighted by Crippen LogP contribution is 2.10. The summed E-state index contributed by atoms with van der Waals surface area (Å²) in [5.74, 6) is -1.35. The molecule has 0 bridgehead atoms. The number of nitrogens with one attached hydrogen (secondary N) is 1. The molecule has 5 heteroatoms. The fraction of sp³-hybridized carbons (Fsp3) is 0.833. The Balaban J connectivity index is 3.87. The Kier molecular flexibility index (Phi) is 8.40. The fourth-order valence-corrected chi connectivity index (χ4v) is 1.44. The monoisotopic (exact) mass is 245 g/mol. The van der Waals surface area contributed by atoms with Gasteiger partial charge in [-0.3, -0.25) is 9.59 Å². The van der Waals surface area contributed by atoms with Crippen LogP contribution in [0.3, 0.4) is 0 Å². The van der Waals surface area contributed by atoms with Gasteiger partial charge >= 0.3 is 5.97 Å².